The molecule has 1 N–H and O–H groups in total. The molecular formula is C16H18ClN5O3S. The third kappa shape index (κ3) is 3.18. The highest BCUT2D eigenvalue weighted by Gasteiger charge is 2.35. The zero-order valence-electron chi connectivity index (χ0n) is 14.0. The highest BCUT2D eigenvalue weighted by atomic mass is 35.5. The summed E-state index contributed by atoms with van der Waals surface area (Å²) in [5, 5.41) is 7.68. The molecule has 1 atom stereocenters. The first-order chi connectivity index (χ1) is 12.1. The fraction of sp³-hybridized carbons (Fsp3) is 0.312. The Morgan fingerprint density at radius 3 is 2.96 bits per heavy atom. The van der Waals surface area contributed by atoms with Gasteiger partial charge in [-0.05, 0) is 24.6 Å². The van der Waals surface area contributed by atoms with Crippen LogP contribution < -0.4 is 5.32 Å². The zero-order valence-corrected chi connectivity index (χ0v) is 15.6. The number of aryl methyl sites for hydroxylation is 1. The molecule has 0 bridgehead atoms. The number of rotatable bonds is 3. The Hall–Kier alpha value is -2.07. The van der Waals surface area contributed by atoms with Crippen LogP contribution in [0.2, 0.25) is 0 Å². The van der Waals surface area contributed by atoms with Gasteiger partial charge in [-0.25, -0.2) is 13.4 Å². The van der Waals surface area contributed by atoms with Crippen molar-refractivity contribution in [2.45, 2.75) is 17.9 Å². The molecule has 1 unspecified atom stereocenters. The lowest BCUT2D eigenvalue weighted by molar-refractivity contribution is 0.271. The number of fused-ring (bicyclic) bond motifs is 1. The fourth-order valence-corrected chi connectivity index (χ4v) is 4.62. The molecule has 0 aromatic carbocycles. The number of piperazine rings is 1. The van der Waals surface area contributed by atoms with E-state index in [9.17, 15) is 8.42 Å². The van der Waals surface area contributed by atoms with Crippen LogP contribution in [0, 0.1) is 6.92 Å². The molecule has 1 fully saturated rings. The number of aromatic nitrogens is 3. The molecule has 0 saturated carbocycles. The first-order valence-corrected chi connectivity index (χ1v) is 9.36. The number of halogens is 1. The highest BCUT2D eigenvalue weighted by Crippen LogP contribution is 2.29. The lowest BCUT2D eigenvalue weighted by Gasteiger charge is -2.35. The van der Waals surface area contributed by atoms with Gasteiger partial charge in [0.05, 0.1) is 23.3 Å². The van der Waals surface area contributed by atoms with E-state index in [4.69, 9.17) is 4.52 Å². The molecule has 0 radical (unpaired) electrons. The second kappa shape index (κ2) is 7.28. The molecule has 0 aliphatic carbocycles. The molecule has 10 heteroatoms. The number of pyridine rings is 2. The van der Waals surface area contributed by atoms with Crippen LogP contribution in [0.25, 0.3) is 11.1 Å². The zero-order chi connectivity index (χ0) is 17.4. The highest BCUT2D eigenvalue weighted by molar-refractivity contribution is 7.89. The quantitative estimate of drug-likeness (QED) is 0.719. The molecule has 0 spiro atoms. The van der Waals surface area contributed by atoms with Gasteiger partial charge in [0.15, 0.2) is 0 Å². The maximum absolute atomic E-state index is 13.2. The summed E-state index contributed by atoms with van der Waals surface area (Å²) in [6.07, 6.45) is 4.70. The minimum atomic E-state index is -3.71. The molecule has 1 aliphatic rings. The maximum Gasteiger partial charge on any atom is 0.257 e. The number of nitrogens with one attached hydrogen (secondary N) is 1. The van der Waals surface area contributed by atoms with Crippen molar-refractivity contribution in [1.29, 1.82) is 0 Å². The summed E-state index contributed by atoms with van der Waals surface area (Å²) >= 11 is 0. The summed E-state index contributed by atoms with van der Waals surface area (Å²) in [6, 6.07) is 4.96. The summed E-state index contributed by atoms with van der Waals surface area (Å²) in [5.41, 5.74) is 1.80. The van der Waals surface area contributed by atoms with Gasteiger partial charge in [-0.15, -0.1) is 12.4 Å². The van der Waals surface area contributed by atoms with Crippen LogP contribution in [0.3, 0.4) is 0 Å². The van der Waals surface area contributed by atoms with Crippen LogP contribution >= 0.6 is 12.4 Å². The summed E-state index contributed by atoms with van der Waals surface area (Å²) < 4.78 is 33.0. The molecular weight excluding hydrogens is 378 g/mol. The van der Waals surface area contributed by atoms with Gasteiger partial charge in [-0.2, -0.15) is 4.31 Å². The molecule has 3 aromatic rings. The Kier molecular flexibility index (Phi) is 5.24. The van der Waals surface area contributed by atoms with Crippen LogP contribution in [0.15, 0.2) is 46.2 Å². The largest absolute Gasteiger partial charge is 0.336 e. The lowest BCUT2D eigenvalue weighted by atomic mass is 10.1. The topological polar surface area (TPSA) is 101 Å². The minimum Gasteiger partial charge on any atom is -0.336 e. The van der Waals surface area contributed by atoms with Gasteiger partial charge >= 0.3 is 0 Å². The van der Waals surface area contributed by atoms with Crippen LogP contribution in [0.4, 0.5) is 0 Å². The number of sulfonamides is 1. The average Bonchev–Trinajstić information content (AvgIpc) is 3.03. The van der Waals surface area contributed by atoms with Crippen LogP contribution in [0.5, 0.6) is 0 Å². The molecule has 4 rings (SSSR count). The normalized spacial score (nSPS) is 18.6. The second-order valence-corrected chi connectivity index (χ2v) is 7.80. The molecule has 138 valence electrons. The summed E-state index contributed by atoms with van der Waals surface area (Å²) in [7, 11) is -3.71. The van der Waals surface area contributed by atoms with E-state index in [0.29, 0.717) is 36.4 Å². The van der Waals surface area contributed by atoms with Crippen molar-refractivity contribution in [3.63, 3.8) is 0 Å². The summed E-state index contributed by atoms with van der Waals surface area (Å²) in [6.45, 7) is 3.26. The Morgan fingerprint density at radius 2 is 2.19 bits per heavy atom. The van der Waals surface area contributed by atoms with Crippen molar-refractivity contribution in [2.24, 2.45) is 0 Å². The molecule has 1 aliphatic heterocycles. The van der Waals surface area contributed by atoms with Crippen molar-refractivity contribution in [3.05, 3.63) is 48.0 Å². The molecule has 1 saturated heterocycles. The van der Waals surface area contributed by atoms with E-state index < -0.39 is 10.0 Å². The van der Waals surface area contributed by atoms with Crippen molar-refractivity contribution >= 4 is 33.5 Å². The Bertz CT molecular complexity index is 1010. The van der Waals surface area contributed by atoms with Gasteiger partial charge in [0.2, 0.25) is 10.0 Å². The minimum absolute atomic E-state index is 0. The molecule has 26 heavy (non-hydrogen) atoms. The van der Waals surface area contributed by atoms with Crippen LogP contribution in [0.1, 0.15) is 17.3 Å². The SMILES string of the molecule is Cc1noc2ncc(S(=O)(=O)N3CCNCC3c3cccnc3)cc12.Cl. The van der Waals surface area contributed by atoms with Crippen LogP contribution in [-0.2, 0) is 10.0 Å². The van der Waals surface area contributed by atoms with Crippen molar-refractivity contribution in [2.75, 3.05) is 19.6 Å². The lowest BCUT2D eigenvalue weighted by Crippen LogP contribution is -2.48. The van der Waals surface area contributed by atoms with E-state index in [1.807, 2.05) is 12.1 Å². The summed E-state index contributed by atoms with van der Waals surface area (Å²) in [5.74, 6) is 0. The second-order valence-electron chi connectivity index (χ2n) is 5.91. The van der Waals surface area contributed by atoms with E-state index in [0.717, 1.165) is 5.56 Å². The smallest absolute Gasteiger partial charge is 0.257 e. The predicted octanol–water partition coefficient (Wildman–Crippen LogP) is 1.68. The molecule has 4 heterocycles. The molecule has 3 aromatic heterocycles. The van der Waals surface area contributed by atoms with E-state index in [2.05, 4.69) is 20.4 Å². The molecule has 8 nitrogen and oxygen atoms in total. The third-order valence-electron chi connectivity index (χ3n) is 4.35. The summed E-state index contributed by atoms with van der Waals surface area (Å²) in [4.78, 5) is 8.35. The van der Waals surface area contributed by atoms with Crippen molar-refractivity contribution < 1.29 is 12.9 Å². The van der Waals surface area contributed by atoms with E-state index in [-0.39, 0.29) is 23.3 Å². The Balaban J connectivity index is 0.00000196. The van der Waals surface area contributed by atoms with E-state index in [1.165, 1.54) is 10.5 Å². The van der Waals surface area contributed by atoms with E-state index >= 15 is 0 Å². The Labute approximate surface area is 157 Å². The van der Waals surface area contributed by atoms with E-state index in [1.54, 1.807) is 25.4 Å². The van der Waals surface area contributed by atoms with Gasteiger partial charge in [-0.1, -0.05) is 11.2 Å². The van der Waals surface area contributed by atoms with Crippen molar-refractivity contribution in [3.8, 4) is 0 Å². The average molecular weight is 396 g/mol. The fourth-order valence-electron chi connectivity index (χ4n) is 3.03. The maximum atomic E-state index is 13.2. The molecule has 0 amide bonds. The van der Waals surface area contributed by atoms with Gasteiger partial charge in [0.25, 0.3) is 5.71 Å². The standard InChI is InChI=1S/C16H17N5O3S.ClH/c1-11-14-7-13(9-19-16(14)24-20-11)25(22,23)21-6-5-18-10-15(21)12-3-2-4-17-8-12;/h2-4,7-9,15,18H,5-6,10H2,1H3;1H. The van der Waals surface area contributed by atoms with Gasteiger partial charge in [0.1, 0.15) is 4.90 Å². The number of hydrogen-bond donors (Lipinski definition) is 1. The monoisotopic (exact) mass is 395 g/mol. The van der Waals surface area contributed by atoms with Crippen LogP contribution in [-0.4, -0.2) is 47.5 Å². The van der Waals surface area contributed by atoms with Gasteiger partial charge in [0, 0.05) is 32.0 Å². The van der Waals surface area contributed by atoms with Gasteiger partial charge in [-0.3, -0.25) is 4.98 Å². The number of hydrogen-bond acceptors (Lipinski definition) is 7. The third-order valence-corrected chi connectivity index (χ3v) is 6.23. The number of nitrogens with zero attached hydrogens (tertiary/aromatic N) is 4. The Morgan fingerprint density at radius 1 is 1.35 bits per heavy atom. The first-order valence-electron chi connectivity index (χ1n) is 7.92. The predicted molar refractivity (Wildman–Crippen MR) is 97.5 cm³/mol. The van der Waals surface area contributed by atoms with Crippen molar-refractivity contribution in [1.82, 2.24) is 24.7 Å². The first kappa shape index (κ1) is 18.7. The van der Waals surface area contributed by atoms with Gasteiger partial charge < -0.3 is 9.84 Å².